The summed E-state index contributed by atoms with van der Waals surface area (Å²) < 4.78 is 12.3. The first kappa shape index (κ1) is 25.8. The number of thioether (sulfide) groups is 1. The molecule has 8 heteroatoms. The van der Waals surface area contributed by atoms with E-state index in [0.29, 0.717) is 34.9 Å². The minimum absolute atomic E-state index is 0.220. The van der Waals surface area contributed by atoms with Crippen molar-refractivity contribution in [2.24, 2.45) is 0 Å². The molecular weight excluding hydrogens is 587 g/mol. The van der Waals surface area contributed by atoms with Crippen molar-refractivity contribution in [2.45, 2.75) is 19.4 Å². The average Bonchev–Trinajstić information content (AvgIpc) is 3.15. The van der Waals surface area contributed by atoms with Crippen molar-refractivity contribution < 1.29 is 19.1 Å². The number of aryl methyl sites for hydroxylation is 1. The highest BCUT2D eigenvalue weighted by molar-refractivity contribution is 14.1. The van der Waals surface area contributed by atoms with Gasteiger partial charge in [0.05, 0.1) is 27.2 Å². The quantitative estimate of drug-likeness (QED) is 0.206. The zero-order valence-corrected chi connectivity index (χ0v) is 22.5. The Bertz CT molecular complexity index is 1350. The number of carbonyl (C=O) groups is 2. The van der Waals surface area contributed by atoms with E-state index in [2.05, 4.69) is 28.7 Å². The van der Waals surface area contributed by atoms with Gasteiger partial charge in [-0.2, -0.15) is 5.26 Å². The second-order valence-electron chi connectivity index (χ2n) is 8.01. The third-order valence-corrected chi connectivity index (χ3v) is 7.33. The first-order valence-electron chi connectivity index (χ1n) is 11.3. The van der Waals surface area contributed by atoms with Gasteiger partial charge in [-0.25, -0.2) is 0 Å². The second-order valence-corrected chi connectivity index (χ2v) is 10.2. The normalized spacial score (nSPS) is 14.2. The number of benzene rings is 3. The smallest absolute Gasteiger partial charge is 0.293 e. The summed E-state index contributed by atoms with van der Waals surface area (Å²) in [7, 11) is 1.55. The molecule has 0 bridgehead atoms. The van der Waals surface area contributed by atoms with Gasteiger partial charge in [-0.15, -0.1) is 0 Å². The number of nitrogens with zero attached hydrogens (tertiary/aromatic N) is 2. The number of rotatable bonds is 9. The number of hydrogen-bond acceptors (Lipinski definition) is 6. The molecule has 0 aromatic heterocycles. The molecule has 6 nitrogen and oxygen atoms in total. The predicted molar refractivity (Wildman–Crippen MR) is 149 cm³/mol. The van der Waals surface area contributed by atoms with Crippen LogP contribution in [-0.4, -0.2) is 29.7 Å². The molecular formula is C28H23IN2O4S. The highest BCUT2D eigenvalue weighted by atomic mass is 127. The Kier molecular flexibility index (Phi) is 8.67. The van der Waals surface area contributed by atoms with E-state index in [-0.39, 0.29) is 17.8 Å². The van der Waals surface area contributed by atoms with Crippen LogP contribution in [0.4, 0.5) is 4.79 Å². The lowest BCUT2D eigenvalue weighted by molar-refractivity contribution is -0.122. The number of carbonyl (C=O) groups excluding carboxylic acids is 2. The van der Waals surface area contributed by atoms with Crippen molar-refractivity contribution in [3.05, 3.63) is 97.5 Å². The second kappa shape index (κ2) is 12.1. The van der Waals surface area contributed by atoms with Crippen LogP contribution in [0.3, 0.4) is 0 Å². The van der Waals surface area contributed by atoms with E-state index in [1.165, 1.54) is 10.5 Å². The molecule has 1 saturated heterocycles. The largest absolute Gasteiger partial charge is 0.493 e. The average molecular weight is 610 g/mol. The van der Waals surface area contributed by atoms with Crippen LogP contribution >= 0.6 is 34.4 Å². The molecule has 1 aliphatic heterocycles. The van der Waals surface area contributed by atoms with Crippen molar-refractivity contribution in [3.63, 3.8) is 0 Å². The Balaban J connectivity index is 1.46. The zero-order chi connectivity index (χ0) is 25.5. The highest BCUT2D eigenvalue weighted by Gasteiger charge is 2.34. The number of nitriles is 1. The van der Waals surface area contributed by atoms with Gasteiger partial charge in [0.1, 0.15) is 6.61 Å². The van der Waals surface area contributed by atoms with Crippen molar-refractivity contribution in [1.29, 1.82) is 5.26 Å². The van der Waals surface area contributed by atoms with Gasteiger partial charge in [-0.1, -0.05) is 48.5 Å². The fraction of sp³-hybridized carbons (Fsp3) is 0.179. The standard InChI is InChI=1S/C28H23IN2O4S/c1-34-24-15-20(14-23(29)26(24)35-18-22-12-6-5-11-21(22)17-30)16-25-27(32)31(28(33)36-25)13-7-10-19-8-3-2-4-9-19/h2-6,8-9,11-12,14-16H,7,10,13,18H2,1H3/b25-16+. The summed E-state index contributed by atoms with van der Waals surface area (Å²) in [6.07, 6.45) is 3.22. The van der Waals surface area contributed by atoms with Crippen LogP contribution < -0.4 is 9.47 Å². The monoisotopic (exact) mass is 610 g/mol. The lowest BCUT2D eigenvalue weighted by atomic mass is 10.1. The van der Waals surface area contributed by atoms with E-state index in [1.807, 2.05) is 54.6 Å². The van der Waals surface area contributed by atoms with Crippen LogP contribution in [-0.2, 0) is 17.8 Å². The Morgan fingerprint density at radius 3 is 2.58 bits per heavy atom. The fourth-order valence-corrected chi connectivity index (χ4v) is 5.44. The van der Waals surface area contributed by atoms with E-state index in [4.69, 9.17) is 9.47 Å². The van der Waals surface area contributed by atoms with Gasteiger partial charge < -0.3 is 9.47 Å². The Morgan fingerprint density at radius 2 is 1.83 bits per heavy atom. The Hall–Kier alpha value is -3.29. The van der Waals surface area contributed by atoms with E-state index >= 15 is 0 Å². The number of amides is 2. The molecule has 1 aliphatic rings. The number of halogens is 1. The van der Waals surface area contributed by atoms with Crippen LogP contribution in [0.25, 0.3) is 6.08 Å². The highest BCUT2D eigenvalue weighted by Crippen LogP contribution is 2.37. The lowest BCUT2D eigenvalue weighted by Gasteiger charge is -2.14. The molecule has 0 aliphatic carbocycles. The summed E-state index contributed by atoms with van der Waals surface area (Å²) in [6, 6.07) is 23.1. The summed E-state index contributed by atoms with van der Waals surface area (Å²) in [4.78, 5) is 27.1. The minimum atomic E-state index is -0.277. The van der Waals surface area contributed by atoms with Crippen molar-refractivity contribution in [2.75, 3.05) is 13.7 Å². The topological polar surface area (TPSA) is 79.6 Å². The Labute approximate surface area is 228 Å². The van der Waals surface area contributed by atoms with Gasteiger partial charge in [0.2, 0.25) is 0 Å². The summed E-state index contributed by atoms with van der Waals surface area (Å²) in [5.41, 5.74) is 3.25. The van der Waals surface area contributed by atoms with E-state index in [0.717, 1.165) is 32.9 Å². The van der Waals surface area contributed by atoms with Gasteiger partial charge in [0.15, 0.2) is 11.5 Å². The molecule has 0 unspecified atom stereocenters. The molecule has 36 heavy (non-hydrogen) atoms. The number of methoxy groups -OCH3 is 1. The molecule has 0 spiro atoms. The lowest BCUT2D eigenvalue weighted by Crippen LogP contribution is -2.29. The van der Waals surface area contributed by atoms with Gasteiger partial charge in [-0.3, -0.25) is 14.5 Å². The molecule has 0 N–H and O–H groups in total. The predicted octanol–water partition coefficient (Wildman–Crippen LogP) is 6.42. The van der Waals surface area contributed by atoms with Gasteiger partial charge in [0, 0.05) is 12.1 Å². The zero-order valence-electron chi connectivity index (χ0n) is 19.6. The number of ether oxygens (including phenoxy) is 2. The SMILES string of the molecule is COc1cc(/C=C2/SC(=O)N(CCCc3ccccc3)C2=O)cc(I)c1OCc1ccccc1C#N. The van der Waals surface area contributed by atoms with Gasteiger partial charge >= 0.3 is 0 Å². The summed E-state index contributed by atoms with van der Waals surface area (Å²) in [6.45, 7) is 0.603. The fourth-order valence-electron chi connectivity index (χ4n) is 3.80. The maximum absolute atomic E-state index is 12.9. The molecule has 4 rings (SSSR count). The maximum atomic E-state index is 12.9. The summed E-state index contributed by atoms with van der Waals surface area (Å²) in [5.74, 6) is 0.780. The maximum Gasteiger partial charge on any atom is 0.293 e. The molecule has 1 heterocycles. The van der Waals surface area contributed by atoms with E-state index in [9.17, 15) is 14.9 Å². The number of hydrogen-bond donors (Lipinski definition) is 0. The molecule has 182 valence electrons. The van der Waals surface area contributed by atoms with Gasteiger partial charge in [-0.05, 0) is 82.6 Å². The minimum Gasteiger partial charge on any atom is -0.493 e. The van der Waals surface area contributed by atoms with Gasteiger partial charge in [0.25, 0.3) is 11.1 Å². The molecule has 1 fully saturated rings. The Morgan fingerprint density at radius 1 is 1.08 bits per heavy atom. The van der Waals surface area contributed by atoms with E-state index in [1.54, 1.807) is 25.3 Å². The first-order valence-corrected chi connectivity index (χ1v) is 13.2. The third-order valence-electron chi connectivity index (χ3n) is 5.62. The molecule has 2 amide bonds. The molecule has 3 aromatic carbocycles. The van der Waals surface area contributed by atoms with E-state index < -0.39 is 0 Å². The van der Waals surface area contributed by atoms with Crippen LogP contribution in [0.15, 0.2) is 71.6 Å². The van der Waals surface area contributed by atoms with Crippen molar-refractivity contribution >= 4 is 51.6 Å². The van der Waals surface area contributed by atoms with Crippen LogP contribution in [0, 0.1) is 14.9 Å². The van der Waals surface area contributed by atoms with Crippen molar-refractivity contribution in [3.8, 4) is 17.6 Å². The third kappa shape index (κ3) is 6.09. The summed E-state index contributed by atoms with van der Waals surface area (Å²) >= 11 is 3.10. The molecule has 0 saturated carbocycles. The number of imide groups is 1. The molecule has 0 radical (unpaired) electrons. The van der Waals surface area contributed by atoms with Crippen molar-refractivity contribution in [1.82, 2.24) is 4.90 Å². The van der Waals surface area contributed by atoms with Crippen LogP contribution in [0.1, 0.15) is 28.7 Å². The van der Waals surface area contributed by atoms with Crippen LogP contribution in [0.5, 0.6) is 11.5 Å². The molecule has 3 aromatic rings. The molecule has 0 atom stereocenters. The van der Waals surface area contributed by atoms with Crippen LogP contribution in [0.2, 0.25) is 0 Å². The first-order chi connectivity index (χ1) is 17.5. The summed E-state index contributed by atoms with van der Waals surface area (Å²) in [5, 5.41) is 9.05.